The van der Waals surface area contributed by atoms with Crippen LogP contribution in [0.3, 0.4) is 0 Å². The lowest BCUT2D eigenvalue weighted by atomic mass is 9.92. The third-order valence-corrected chi connectivity index (χ3v) is 5.68. The summed E-state index contributed by atoms with van der Waals surface area (Å²) in [5.41, 5.74) is 7.99. The predicted octanol–water partition coefficient (Wildman–Crippen LogP) is 3.44. The van der Waals surface area contributed by atoms with Gasteiger partial charge in [-0.15, -0.1) is 11.3 Å². The van der Waals surface area contributed by atoms with Crippen molar-refractivity contribution in [3.05, 3.63) is 21.4 Å². The molecule has 0 bridgehead atoms. The minimum absolute atomic E-state index is 0.253. The van der Waals surface area contributed by atoms with Crippen LogP contribution in [0.5, 0.6) is 0 Å². The van der Waals surface area contributed by atoms with Crippen LogP contribution in [-0.4, -0.2) is 13.2 Å². The fourth-order valence-corrected chi connectivity index (χ4v) is 4.43. The lowest BCUT2D eigenvalue weighted by Gasteiger charge is -2.24. The summed E-state index contributed by atoms with van der Waals surface area (Å²) in [6.07, 6.45) is 8.81. The number of aryl methyl sites for hydroxylation is 2. The molecule has 2 heterocycles. The van der Waals surface area contributed by atoms with Crippen LogP contribution in [0.2, 0.25) is 0 Å². The second-order valence-electron chi connectivity index (χ2n) is 5.70. The average Bonchev–Trinajstić information content (AvgIpc) is 2.84. The fourth-order valence-electron chi connectivity index (χ4n) is 3.15. The van der Waals surface area contributed by atoms with Gasteiger partial charge in [-0.2, -0.15) is 0 Å². The first-order chi connectivity index (χ1) is 8.83. The smallest absolute Gasteiger partial charge is 0.0468 e. The molecule has 100 valence electrons. The van der Waals surface area contributed by atoms with Crippen LogP contribution in [0.1, 0.15) is 53.5 Å². The Labute approximate surface area is 114 Å². The Morgan fingerprint density at radius 3 is 2.83 bits per heavy atom. The highest BCUT2D eigenvalue weighted by atomic mass is 32.1. The van der Waals surface area contributed by atoms with Gasteiger partial charge < -0.3 is 10.5 Å². The molecule has 1 aliphatic carbocycles. The topological polar surface area (TPSA) is 35.2 Å². The molecule has 0 amide bonds. The van der Waals surface area contributed by atoms with Crippen LogP contribution in [0.4, 0.5) is 0 Å². The molecule has 1 aliphatic heterocycles. The molecule has 1 fully saturated rings. The number of hydrogen-bond donors (Lipinski definition) is 1. The van der Waals surface area contributed by atoms with E-state index in [4.69, 9.17) is 10.5 Å². The van der Waals surface area contributed by atoms with E-state index in [1.54, 1.807) is 10.4 Å². The molecule has 3 rings (SSSR count). The number of rotatable bonds is 3. The van der Waals surface area contributed by atoms with Crippen molar-refractivity contribution in [2.24, 2.45) is 11.7 Å². The number of ether oxygens (including phenoxy) is 1. The quantitative estimate of drug-likeness (QED) is 0.908. The molecule has 0 saturated carbocycles. The Hall–Kier alpha value is -0.380. The van der Waals surface area contributed by atoms with Crippen molar-refractivity contribution in [3.8, 4) is 0 Å². The van der Waals surface area contributed by atoms with E-state index in [0.29, 0.717) is 0 Å². The van der Waals surface area contributed by atoms with Crippen molar-refractivity contribution in [1.29, 1.82) is 0 Å². The van der Waals surface area contributed by atoms with Crippen molar-refractivity contribution in [3.63, 3.8) is 0 Å². The number of nitrogens with two attached hydrogens (primary N) is 1. The van der Waals surface area contributed by atoms with Crippen LogP contribution in [-0.2, 0) is 17.6 Å². The maximum atomic E-state index is 6.41. The first-order valence-corrected chi connectivity index (χ1v) is 8.09. The van der Waals surface area contributed by atoms with E-state index >= 15 is 0 Å². The predicted molar refractivity (Wildman–Crippen MR) is 76.0 cm³/mol. The first kappa shape index (κ1) is 12.6. The lowest BCUT2D eigenvalue weighted by molar-refractivity contribution is 0.0619. The molecular formula is C15H23NOS. The second kappa shape index (κ2) is 5.72. The van der Waals surface area contributed by atoms with Crippen molar-refractivity contribution in [1.82, 2.24) is 0 Å². The highest BCUT2D eigenvalue weighted by molar-refractivity contribution is 7.12. The van der Waals surface area contributed by atoms with E-state index in [1.807, 2.05) is 11.3 Å². The van der Waals surface area contributed by atoms with E-state index in [9.17, 15) is 0 Å². The molecule has 0 spiro atoms. The van der Waals surface area contributed by atoms with E-state index in [-0.39, 0.29) is 6.04 Å². The van der Waals surface area contributed by atoms with Gasteiger partial charge in [0.25, 0.3) is 0 Å². The largest absolute Gasteiger partial charge is 0.381 e. The van der Waals surface area contributed by atoms with Crippen molar-refractivity contribution >= 4 is 11.3 Å². The van der Waals surface area contributed by atoms with Crippen molar-refractivity contribution in [2.45, 2.75) is 51.0 Å². The van der Waals surface area contributed by atoms with Crippen LogP contribution in [0, 0.1) is 5.92 Å². The Bertz CT molecular complexity index is 372. The van der Waals surface area contributed by atoms with E-state index in [1.165, 1.54) is 43.4 Å². The van der Waals surface area contributed by atoms with Gasteiger partial charge in [-0.1, -0.05) is 0 Å². The summed E-state index contributed by atoms with van der Waals surface area (Å²) in [5, 5.41) is 0. The number of fused-ring (bicyclic) bond motifs is 1. The van der Waals surface area contributed by atoms with Gasteiger partial charge >= 0.3 is 0 Å². The summed E-state index contributed by atoms with van der Waals surface area (Å²) in [5.74, 6) is 0.771. The van der Waals surface area contributed by atoms with Crippen LogP contribution in [0.25, 0.3) is 0 Å². The fraction of sp³-hybridized carbons (Fsp3) is 0.733. The summed E-state index contributed by atoms with van der Waals surface area (Å²) >= 11 is 1.98. The van der Waals surface area contributed by atoms with Gasteiger partial charge in [0, 0.05) is 29.0 Å². The molecule has 0 aromatic carbocycles. The molecule has 2 aliphatic rings. The summed E-state index contributed by atoms with van der Waals surface area (Å²) in [7, 11) is 0. The van der Waals surface area contributed by atoms with Crippen LogP contribution in [0.15, 0.2) is 6.07 Å². The van der Waals surface area contributed by atoms with Gasteiger partial charge in [0.2, 0.25) is 0 Å². The molecule has 2 N–H and O–H groups in total. The van der Waals surface area contributed by atoms with Crippen LogP contribution < -0.4 is 5.73 Å². The van der Waals surface area contributed by atoms with E-state index in [2.05, 4.69) is 6.07 Å². The molecule has 1 atom stereocenters. The average molecular weight is 265 g/mol. The summed E-state index contributed by atoms with van der Waals surface area (Å²) in [4.78, 5) is 3.03. The second-order valence-corrected chi connectivity index (χ2v) is 6.87. The Morgan fingerprint density at radius 2 is 2.06 bits per heavy atom. The molecule has 1 saturated heterocycles. The normalized spacial score (nSPS) is 22.7. The molecule has 1 unspecified atom stereocenters. The third-order valence-electron chi connectivity index (χ3n) is 4.31. The Kier molecular flexibility index (Phi) is 4.02. The standard InChI is InChI=1S/C15H23NOS/c16-13(9-11-5-7-17-8-6-11)15-10-12-3-1-2-4-14(12)18-15/h10-11,13H,1-9,16H2. The van der Waals surface area contributed by atoms with Gasteiger partial charge in [-0.25, -0.2) is 0 Å². The zero-order valence-corrected chi connectivity index (χ0v) is 11.8. The summed E-state index contributed by atoms with van der Waals surface area (Å²) in [6, 6.07) is 2.65. The van der Waals surface area contributed by atoms with Gasteiger partial charge in [-0.05, 0) is 62.5 Å². The van der Waals surface area contributed by atoms with Gasteiger partial charge in [-0.3, -0.25) is 0 Å². The lowest BCUT2D eigenvalue weighted by Crippen LogP contribution is -2.21. The zero-order chi connectivity index (χ0) is 12.4. The first-order valence-electron chi connectivity index (χ1n) is 7.28. The number of thiophene rings is 1. The minimum atomic E-state index is 0.253. The Morgan fingerprint density at radius 1 is 1.28 bits per heavy atom. The Balaban J connectivity index is 1.64. The monoisotopic (exact) mass is 265 g/mol. The molecule has 2 nitrogen and oxygen atoms in total. The molecule has 3 heteroatoms. The van der Waals surface area contributed by atoms with Gasteiger partial charge in [0.15, 0.2) is 0 Å². The number of hydrogen-bond acceptors (Lipinski definition) is 3. The maximum absolute atomic E-state index is 6.41. The summed E-state index contributed by atoms with van der Waals surface area (Å²) in [6.45, 7) is 1.86. The van der Waals surface area contributed by atoms with E-state index in [0.717, 1.165) is 25.6 Å². The molecule has 1 aromatic rings. The molecular weight excluding hydrogens is 242 g/mol. The third kappa shape index (κ3) is 2.79. The van der Waals surface area contributed by atoms with Gasteiger partial charge in [0.05, 0.1) is 0 Å². The van der Waals surface area contributed by atoms with Crippen molar-refractivity contribution < 1.29 is 4.74 Å². The summed E-state index contributed by atoms with van der Waals surface area (Å²) < 4.78 is 5.42. The molecule has 1 aromatic heterocycles. The van der Waals surface area contributed by atoms with Crippen molar-refractivity contribution in [2.75, 3.05) is 13.2 Å². The molecule has 0 radical (unpaired) electrons. The molecule has 18 heavy (non-hydrogen) atoms. The highest BCUT2D eigenvalue weighted by Gasteiger charge is 2.21. The maximum Gasteiger partial charge on any atom is 0.0468 e. The van der Waals surface area contributed by atoms with E-state index < -0.39 is 0 Å². The highest BCUT2D eigenvalue weighted by Crippen LogP contribution is 2.35. The van der Waals surface area contributed by atoms with Gasteiger partial charge in [0.1, 0.15) is 0 Å². The SMILES string of the molecule is NC(CC1CCOCC1)c1cc2c(s1)CCCC2. The zero-order valence-electron chi connectivity index (χ0n) is 11.0. The van der Waals surface area contributed by atoms with Crippen LogP contribution >= 0.6 is 11.3 Å². The minimum Gasteiger partial charge on any atom is -0.381 e.